The molecule has 0 amide bonds. The molecule has 7 aromatic rings. The SMILES string of the molecule is N#Cc1ccccc1-c1cccc(-c2cc(-c3nc4ccccc4s3)cc(-c3nc4ccccc4s3)c2)c1. The average Bonchev–Trinajstić information content (AvgIpc) is 3.62. The summed E-state index contributed by atoms with van der Waals surface area (Å²) in [5.41, 5.74) is 8.96. The van der Waals surface area contributed by atoms with Crippen LogP contribution in [0, 0.1) is 11.3 Å². The summed E-state index contributed by atoms with van der Waals surface area (Å²) in [6.07, 6.45) is 0. The van der Waals surface area contributed by atoms with Crippen LogP contribution in [0.25, 0.3) is 63.8 Å². The quantitative estimate of drug-likeness (QED) is 0.232. The molecular formula is C33H19N3S2. The first-order valence-corrected chi connectivity index (χ1v) is 13.9. The van der Waals surface area contributed by atoms with Crippen molar-refractivity contribution in [2.24, 2.45) is 0 Å². The fourth-order valence-electron chi connectivity index (χ4n) is 4.73. The van der Waals surface area contributed by atoms with Crippen LogP contribution < -0.4 is 0 Å². The molecule has 2 heterocycles. The molecular weight excluding hydrogens is 503 g/mol. The maximum absolute atomic E-state index is 9.65. The summed E-state index contributed by atoms with van der Waals surface area (Å²) in [7, 11) is 0. The largest absolute Gasteiger partial charge is 0.236 e. The molecule has 0 radical (unpaired) electrons. The highest BCUT2D eigenvalue weighted by atomic mass is 32.1. The molecule has 0 aliphatic carbocycles. The van der Waals surface area contributed by atoms with Gasteiger partial charge in [-0.25, -0.2) is 9.97 Å². The van der Waals surface area contributed by atoms with Crippen LogP contribution in [-0.2, 0) is 0 Å². The second kappa shape index (κ2) is 9.35. The Labute approximate surface area is 228 Å². The third kappa shape index (κ3) is 4.06. The van der Waals surface area contributed by atoms with Gasteiger partial charge in [0, 0.05) is 11.1 Å². The van der Waals surface area contributed by atoms with Crippen molar-refractivity contribution < 1.29 is 0 Å². The average molecular weight is 522 g/mol. The Kier molecular flexibility index (Phi) is 5.55. The number of thiazole rings is 2. The van der Waals surface area contributed by atoms with Gasteiger partial charge in [0.1, 0.15) is 10.0 Å². The number of rotatable bonds is 4. The molecule has 0 saturated heterocycles. The number of nitriles is 1. The van der Waals surface area contributed by atoms with Crippen molar-refractivity contribution in [2.45, 2.75) is 0 Å². The third-order valence-electron chi connectivity index (χ3n) is 6.57. The first kappa shape index (κ1) is 22.6. The molecule has 0 aliphatic rings. The summed E-state index contributed by atoms with van der Waals surface area (Å²) >= 11 is 3.41. The van der Waals surface area contributed by atoms with E-state index in [1.54, 1.807) is 22.7 Å². The smallest absolute Gasteiger partial charge is 0.124 e. The minimum Gasteiger partial charge on any atom is -0.236 e. The molecule has 0 saturated carbocycles. The topological polar surface area (TPSA) is 49.6 Å². The Morgan fingerprint density at radius 1 is 0.500 bits per heavy atom. The first-order chi connectivity index (χ1) is 18.7. The van der Waals surface area contributed by atoms with Crippen molar-refractivity contribution in [3.8, 4) is 49.5 Å². The number of nitrogens with zero attached hydrogens (tertiary/aromatic N) is 3. The van der Waals surface area contributed by atoms with Gasteiger partial charge in [-0.15, -0.1) is 22.7 Å². The predicted molar refractivity (Wildman–Crippen MR) is 159 cm³/mol. The van der Waals surface area contributed by atoms with Gasteiger partial charge in [0.2, 0.25) is 0 Å². The zero-order valence-corrected chi connectivity index (χ0v) is 21.8. The second-order valence-electron chi connectivity index (χ2n) is 9.01. The summed E-state index contributed by atoms with van der Waals surface area (Å²) in [5.74, 6) is 0. The maximum atomic E-state index is 9.65. The Hall–Kier alpha value is -4.63. The number of para-hydroxylation sites is 2. The molecule has 0 atom stereocenters. The Morgan fingerprint density at radius 2 is 1.03 bits per heavy atom. The number of aromatic nitrogens is 2. The number of hydrogen-bond donors (Lipinski definition) is 0. The Bertz CT molecular complexity index is 1850. The van der Waals surface area contributed by atoms with Crippen molar-refractivity contribution in [2.75, 3.05) is 0 Å². The van der Waals surface area contributed by atoms with Gasteiger partial charge in [0.25, 0.3) is 0 Å². The van der Waals surface area contributed by atoms with Crippen LogP contribution in [-0.4, -0.2) is 9.97 Å². The van der Waals surface area contributed by atoms with E-state index in [9.17, 15) is 5.26 Å². The normalized spacial score (nSPS) is 11.1. The molecule has 178 valence electrons. The number of hydrogen-bond acceptors (Lipinski definition) is 5. The van der Waals surface area contributed by atoms with Gasteiger partial charge in [-0.2, -0.15) is 5.26 Å². The van der Waals surface area contributed by atoms with Crippen LogP contribution >= 0.6 is 22.7 Å². The maximum Gasteiger partial charge on any atom is 0.124 e. The highest BCUT2D eigenvalue weighted by Crippen LogP contribution is 2.39. The van der Waals surface area contributed by atoms with Crippen molar-refractivity contribution in [1.82, 2.24) is 9.97 Å². The molecule has 0 spiro atoms. The lowest BCUT2D eigenvalue weighted by Gasteiger charge is -2.10. The molecule has 0 unspecified atom stereocenters. The molecule has 0 fully saturated rings. The standard InChI is InChI=1S/C33H19N3S2/c34-20-23-8-1-2-11-27(23)22-10-7-9-21(16-22)24-17-25(32-35-28-12-3-5-14-30(28)37-32)19-26(18-24)33-36-29-13-4-6-15-31(29)38-33/h1-19H. The Balaban J connectivity index is 1.42. The highest BCUT2D eigenvalue weighted by Gasteiger charge is 2.14. The van der Waals surface area contributed by atoms with Crippen molar-refractivity contribution in [3.05, 3.63) is 121 Å². The zero-order chi connectivity index (χ0) is 25.5. The van der Waals surface area contributed by atoms with Crippen molar-refractivity contribution in [3.63, 3.8) is 0 Å². The monoisotopic (exact) mass is 521 g/mol. The molecule has 2 aromatic heterocycles. The van der Waals surface area contributed by atoms with E-state index in [1.165, 1.54) is 9.40 Å². The van der Waals surface area contributed by atoms with E-state index in [0.29, 0.717) is 5.56 Å². The summed E-state index contributed by atoms with van der Waals surface area (Å²) in [6.45, 7) is 0. The summed E-state index contributed by atoms with van der Waals surface area (Å²) < 4.78 is 2.34. The zero-order valence-electron chi connectivity index (χ0n) is 20.1. The summed E-state index contributed by atoms with van der Waals surface area (Å²) in [5, 5.41) is 11.6. The predicted octanol–water partition coefficient (Wildman–Crippen LogP) is 9.45. The molecule has 0 aliphatic heterocycles. The van der Waals surface area contributed by atoms with Crippen LogP contribution in [0.2, 0.25) is 0 Å². The fraction of sp³-hybridized carbons (Fsp3) is 0. The van der Waals surface area contributed by atoms with Gasteiger partial charge < -0.3 is 0 Å². The summed E-state index contributed by atoms with van der Waals surface area (Å²) in [6, 6.07) is 41.6. The third-order valence-corrected chi connectivity index (χ3v) is 8.74. The van der Waals surface area contributed by atoms with Crippen LogP contribution in [0.5, 0.6) is 0 Å². The summed E-state index contributed by atoms with van der Waals surface area (Å²) in [4.78, 5) is 9.90. The van der Waals surface area contributed by atoms with Gasteiger partial charge in [0.15, 0.2) is 0 Å². The van der Waals surface area contributed by atoms with E-state index in [2.05, 4.69) is 84.9 Å². The minimum atomic E-state index is 0.669. The van der Waals surface area contributed by atoms with Crippen molar-refractivity contribution in [1.29, 1.82) is 5.26 Å². The molecule has 0 N–H and O–H groups in total. The lowest BCUT2D eigenvalue weighted by atomic mass is 9.94. The van der Waals surface area contributed by atoms with E-state index in [1.807, 2.05) is 36.4 Å². The molecule has 3 nitrogen and oxygen atoms in total. The van der Waals surface area contributed by atoms with E-state index in [-0.39, 0.29) is 0 Å². The molecule has 0 bridgehead atoms. The first-order valence-electron chi connectivity index (χ1n) is 12.2. The lowest BCUT2D eigenvalue weighted by Crippen LogP contribution is -1.88. The minimum absolute atomic E-state index is 0.669. The lowest BCUT2D eigenvalue weighted by molar-refractivity contribution is 1.45. The van der Waals surface area contributed by atoms with Crippen LogP contribution in [0.1, 0.15) is 5.56 Å². The van der Waals surface area contributed by atoms with E-state index in [4.69, 9.17) is 9.97 Å². The van der Waals surface area contributed by atoms with E-state index in [0.717, 1.165) is 54.4 Å². The van der Waals surface area contributed by atoms with E-state index >= 15 is 0 Å². The molecule has 38 heavy (non-hydrogen) atoms. The van der Waals surface area contributed by atoms with Crippen molar-refractivity contribution >= 4 is 43.1 Å². The van der Waals surface area contributed by atoms with Gasteiger partial charge >= 0.3 is 0 Å². The number of fused-ring (bicyclic) bond motifs is 2. The molecule has 7 rings (SSSR count). The van der Waals surface area contributed by atoms with Gasteiger partial charge in [0.05, 0.1) is 32.1 Å². The second-order valence-corrected chi connectivity index (χ2v) is 11.1. The molecule has 5 heteroatoms. The highest BCUT2D eigenvalue weighted by molar-refractivity contribution is 7.22. The van der Waals surface area contributed by atoms with Crippen LogP contribution in [0.4, 0.5) is 0 Å². The Morgan fingerprint density at radius 3 is 1.66 bits per heavy atom. The van der Waals surface area contributed by atoms with Crippen LogP contribution in [0.3, 0.4) is 0 Å². The number of benzene rings is 5. The fourth-order valence-corrected chi connectivity index (χ4v) is 6.64. The van der Waals surface area contributed by atoms with Gasteiger partial charge in [-0.3, -0.25) is 0 Å². The van der Waals surface area contributed by atoms with Gasteiger partial charge in [-0.1, -0.05) is 60.7 Å². The van der Waals surface area contributed by atoms with E-state index < -0.39 is 0 Å². The molecule has 5 aromatic carbocycles. The van der Waals surface area contributed by atoms with Gasteiger partial charge in [-0.05, 0) is 76.9 Å². The van der Waals surface area contributed by atoms with Crippen LogP contribution in [0.15, 0.2) is 115 Å².